The van der Waals surface area contributed by atoms with Crippen LogP contribution in [0.5, 0.6) is 0 Å². The molecule has 2 N–H and O–H groups in total. The van der Waals surface area contributed by atoms with Crippen LogP contribution in [0.1, 0.15) is 31.2 Å². The lowest BCUT2D eigenvalue weighted by Gasteiger charge is -2.09. The van der Waals surface area contributed by atoms with Crippen LogP contribution in [0.25, 0.3) is 0 Å². The molecule has 0 radical (unpaired) electrons. The van der Waals surface area contributed by atoms with Crippen LogP contribution in [0.4, 0.5) is 5.82 Å². The third-order valence-corrected chi connectivity index (χ3v) is 2.85. The molecule has 2 heterocycles. The quantitative estimate of drug-likeness (QED) is 0.855. The first-order valence-corrected chi connectivity index (χ1v) is 5.75. The molecule has 6 nitrogen and oxygen atoms in total. The molecule has 0 aliphatic heterocycles. The average Bonchev–Trinajstić information content (AvgIpc) is 2.82. The summed E-state index contributed by atoms with van der Waals surface area (Å²) in [5, 5.41) is 12.1. The van der Waals surface area contributed by atoms with Gasteiger partial charge in [-0.15, -0.1) is 5.10 Å². The van der Waals surface area contributed by atoms with Gasteiger partial charge in [-0.2, -0.15) is 5.10 Å². The summed E-state index contributed by atoms with van der Waals surface area (Å²) >= 11 is 0. The van der Waals surface area contributed by atoms with Gasteiger partial charge in [0.15, 0.2) is 5.82 Å². The Kier molecular flexibility index (Phi) is 3.12. The third kappa shape index (κ3) is 2.30. The number of nitrogens with zero attached hydrogens (tertiary/aromatic N) is 5. The largest absolute Gasteiger partial charge is 0.381 e. The first kappa shape index (κ1) is 11.6. The van der Waals surface area contributed by atoms with E-state index in [9.17, 15) is 0 Å². The summed E-state index contributed by atoms with van der Waals surface area (Å²) in [4.78, 5) is 0. The van der Waals surface area contributed by atoms with Gasteiger partial charge in [0.1, 0.15) is 0 Å². The van der Waals surface area contributed by atoms with Crippen molar-refractivity contribution in [1.29, 1.82) is 0 Å². The smallest absolute Gasteiger partial charge is 0.169 e. The summed E-state index contributed by atoms with van der Waals surface area (Å²) < 4.78 is 3.75. The minimum atomic E-state index is 0.330. The van der Waals surface area contributed by atoms with Crippen LogP contribution in [0.15, 0.2) is 12.3 Å². The van der Waals surface area contributed by atoms with Crippen LogP contribution in [0.2, 0.25) is 0 Å². The predicted octanol–water partition coefficient (Wildman–Crippen LogP) is 0.960. The van der Waals surface area contributed by atoms with Crippen LogP contribution < -0.4 is 5.73 Å². The molecule has 0 unspecified atom stereocenters. The monoisotopic (exact) mass is 234 g/mol. The summed E-state index contributed by atoms with van der Waals surface area (Å²) in [6.45, 7) is 4.96. The fourth-order valence-electron chi connectivity index (χ4n) is 1.96. The zero-order valence-corrected chi connectivity index (χ0v) is 10.5. The molecule has 0 aromatic carbocycles. The van der Waals surface area contributed by atoms with Crippen LogP contribution in [0.3, 0.4) is 0 Å². The van der Waals surface area contributed by atoms with Crippen molar-refractivity contribution in [2.75, 3.05) is 5.73 Å². The summed E-state index contributed by atoms with van der Waals surface area (Å²) in [6.07, 6.45) is 2.67. The van der Waals surface area contributed by atoms with E-state index in [0.29, 0.717) is 11.7 Å². The molecule has 0 spiro atoms. The minimum Gasteiger partial charge on any atom is -0.381 e. The predicted molar refractivity (Wildman–Crippen MR) is 65.4 cm³/mol. The highest BCUT2D eigenvalue weighted by Gasteiger charge is 2.13. The number of rotatable bonds is 4. The Labute approximate surface area is 100 Å². The van der Waals surface area contributed by atoms with Gasteiger partial charge in [-0.05, 0) is 12.0 Å². The Balaban J connectivity index is 2.12. The first-order chi connectivity index (χ1) is 8.09. The van der Waals surface area contributed by atoms with Gasteiger partial charge >= 0.3 is 0 Å². The number of hydrogen-bond donors (Lipinski definition) is 1. The molecule has 2 aromatic heterocycles. The molecule has 0 atom stereocenters. The maximum absolute atomic E-state index is 5.81. The highest BCUT2D eigenvalue weighted by molar-refractivity contribution is 5.35. The van der Waals surface area contributed by atoms with Gasteiger partial charge in [-0.3, -0.25) is 4.68 Å². The normalized spacial score (nSPS) is 11.3. The maximum atomic E-state index is 5.81. The second kappa shape index (κ2) is 4.57. The van der Waals surface area contributed by atoms with Gasteiger partial charge in [-0.1, -0.05) is 19.1 Å². The van der Waals surface area contributed by atoms with Crippen LogP contribution >= 0.6 is 0 Å². The molecule has 0 amide bonds. The molecule has 92 valence electrons. The van der Waals surface area contributed by atoms with Crippen molar-refractivity contribution >= 4 is 5.82 Å². The SMILES string of the molecule is CC(C)c1c(N)nnn1CCc1ccnn1C. The van der Waals surface area contributed by atoms with E-state index >= 15 is 0 Å². The van der Waals surface area contributed by atoms with Crippen LogP contribution in [0, 0.1) is 0 Å². The molecule has 2 aromatic rings. The van der Waals surface area contributed by atoms with E-state index in [-0.39, 0.29) is 0 Å². The van der Waals surface area contributed by atoms with Crippen molar-refractivity contribution in [2.45, 2.75) is 32.7 Å². The van der Waals surface area contributed by atoms with Crippen molar-refractivity contribution in [3.8, 4) is 0 Å². The van der Waals surface area contributed by atoms with E-state index in [1.807, 2.05) is 22.5 Å². The van der Waals surface area contributed by atoms with E-state index in [4.69, 9.17) is 5.73 Å². The van der Waals surface area contributed by atoms with Gasteiger partial charge < -0.3 is 5.73 Å². The Morgan fingerprint density at radius 1 is 1.41 bits per heavy atom. The molecule has 0 saturated heterocycles. The number of nitrogen functional groups attached to an aromatic ring is 1. The number of nitrogens with two attached hydrogens (primary N) is 1. The van der Waals surface area contributed by atoms with Gasteiger partial charge in [0, 0.05) is 31.9 Å². The highest BCUT2D eigenvalue weighted by Crippen LogP contribution is 2.19. The van der Waals surface area contributed by atoms with Crippen LogP contribution in [-0.4, -0.2) is 24.8 Å². The topological polar surface area (TPSA) is 74.6 Å². The van der Waals surface area contributed by atoms with Crippen molar-refractivity contribution in [2.24, 2.45) is 7.05 Å². The molecule has 0 bridgehead atoms. The summed E-state index contributed by atoms with van der Waals surface area (Å²) in [6, 6.07) is 2.01. The van der Waals surface area contributed by atoms with Gasteiger partial charge in [-0.25, -0.2) is 4.68 Å². The fourth-order valence-corrected chi connectivity index (χ4v) is 1.96. The molecule has 2 rings (SSSR count). The summed E-state index contributed by atoms with van der Waals surface area (Å²) in [7, 11) is 1.94. The lowest BCUT2D eigenvalue weighted by Crippen LogP contribution is -2.11. The maximum Gasteiger partial charge on any atom is 0.169 e. The van der Waals surface area contributed by atoms with Crippen LogP contribution in [-0.2, 0) is 20.0 Å². The molecule has 0 aliphatic rings. The number of aryl methyl sites for hydroxylation is 3. The van der Waals surface area contributed by atoms with Crippen molar-refractivity contribution in [3.05, 3.63) is 23.7 Å². The summed E-state index contributed by atoms with van der Waals surface area (Å²) in [5.41, 5.74) is 7.99. The van der Waals surface area contributed by atoms with E-state index < -0.39 is 0 Å². The Morgan fingerprint density at radius 3 is 2.76 bits per heavy atom. The average molecular weight is 234 g/mol. The highest BCUT2D eigenvalue weighted by atomic mass is 15.4. The lowest BCUT2D eigenvalue weighted by atomic mass is 10.1. The van der Waals surface area contributed by atoms with E-state index in [0.717, 1.165) is 18.7 Å². The number of hydrogen-bond acceptors (Lipinski definition) is 4. The van der Waals surface area contributed by atoms with Crippen molar-refractivity contribution < 1.29 is 0 Å². The second-order valence-corrected chi connectivity index (χ2v) is 4.43. The zero-order chi connectivity index (χ0) is 12.4. The van der Waals surface area contributed by atoms with E-state index in [1.165, 1.54) is 5.69 Å². The first-order valence-electron chi connectivity index (χ1n) is 5.75. The minimum absolute atomic E-state index is 0.330. The Morgan fingerprint density at radius 2 is 2.18 bits per heavy atom. The Hall–Kier alpha value is -1.85. The number of anilines is 1. The molecule has 0 saturated carbocycles. The Bertz CT molecular complexity index is 496. The molecular formula is C11H18N6. The van der Waals surface area contributed by atoms with E-state index in [1.54, 1.807) is 6.20 Å². The van der Waals surface area contributed by atoms with Crippen molar-refractivity contribution in [1.82, 2.24) is 24.8 Å². The summed E-state index contributed by atoms with van der Waals surface area (Å²) in [5.74, 6) is 0.863. The molecular weight excluding hydrogens is 216 g/mol. The van der Waals surface area contributed by atoms with E-state index in [2.05, 4.69) is 29.3 Å². The molecule has 0 aliphatic carbocycles. The van der Waals surface area contributed by atoms with Gasteiger partial charge in [0.2, 0.25) is 0 Å². The van der Waals surface area contributed by atoms with Crippen molar-refractivity contribution in [3.63, 3.8) is 0 Å². The standard InChI is InChI=1S/C11H18N6/c1-8(2)10-11(12)14-15-17(10)7-5-9-4-6-13-16(9)3/h4,6,8H,5,7,12H2,1-3H3. The van der Waals surface area contributed by atoms with Gasteiger partial charge in [0.25, 0.3) is 0 Å². The zero-order valence-electron chi connectivity index (χ0n) is 10.5. The molecule has 0 fully saturated rings. The third-order valence-electron chi connectivity index (χ3n) is 2.85. The molecule has 17 heavy (non-hydrogen) atoms. The second-order valence-electron chi connectivity index (χ2n) is 4.43. The lowest BCUT2D eigenvalue weighted by molar-refractivity contribution is 0.536. The fraction of sp³-hybridized carbons (Fsp3) is 0.545. The molecule has 6 heteroatoms. The van der Waals surface area contributed by atoms with Gasteiger partial charge in [0.05, 0.1) is 5.69 Å². The number of aromatic nitrogens is 5.